The van der Waals surface area contributed by atoms with E-state index in [2.05, 4.69) is 15.3 Å². The molecular weight excluding hydrogens is 402 g/mol. The molecule has 1 amide bonds. The van der Waals surface area contributed by atoms with E-state index in [-0.39, 0.29) is 17.9 Å². The van der Waals surface area contributed by atoms with E-state index in [1.54, 1.807) is 10.7 Å². The summed E-state index contributed by atoms with van der Waals surface area (Å²) in [6.07, 6.45) is 5.93. The van der Waals surface area contributed by atoms with E-state index >= 15 is 0 Å². The average molecular weight is 430 g/mol. The Balaban J connectivity index is 0.000000287. The lowest BCUT2D eigenvalue weighted by atomic mass is 9.95. The first-order valence-electron chi connectivity index (χ1n) is 10.3. The van der Waals surface area contributed by atoms with Gasteiger partial charge in [0.25, 0.3) is 5.91 Å². The molecule has 0 radical (unpaired) electrons. The van der Waals surface area contributed by atoms with Gasteiger partial charge in [-0.2, -0.15) is 5.10 Å². The quantitative estimate of drug-likeness (QED) is 0.648. The molecule has 3 heterocycles. The van der Waals surface area contributed by atoms with Crippen molar-refractivity contribution in [3.63, 3.8) is 0 Å². The highest BCUT2D eigenvalue weighted by atomic mass is 19.1. The summed E-state index contributed by atoms with van der Waals surface area (Å²) >= 11 is 0. The Kier molecular flexibility index (Phi) is 7.22. The number of aromatic nitrogens is 2. The second-order valence-electron chi connectivity index (χ2n) is 8.41. The molecule has 1 saturated heterocycles. The molecule has 1 aromatic carbocycles. The Morgan fingerprint density at radius 1 is 1.13 bits per heavy atom. The Bertz CT molecular complexity index is 991. The summed E-state index contributed by atoms with van der Waals surface area (Å²) in [5, 5.41) is 16.4. The predicted molar refractivity (Wildman–Crippen MR) is 116 cm³/mol. The summed E-state index contributed by atoms with van der Waals surface area (Å²) < 4.78 is 25.6. The number of amides is 1. The maximum Gasteiger partial charge on any atom is 0.255 e. The van der Waals surface area contributed by atoms with Crippen LogP contribution in [0.3, 0.4) is 0 Å². The summed E-state index contributed by atoms with van der Waals surface area (Å²) in [7, 11) is 0. The molecule has 1 fully saturated rings. The first-order chi connectivity index (χ1) is 14.8. The summed E-state index contributed by atoms with van der Waals surface area (Å²) in [6.45, 7) is 6.41. The highest BCUT2D eigenvalue weighted by Gasteiger charge is 2.20. The summed E-state index contributed by atoms with van der Waals surface area (Å²) in [6, 6.07) is 8.39. The Hall–Kier alpha value is -3.00. The monoisotopic (exact) mass is 430 g/mol. The zero-order valence-corrected chi connectivity index (χ0v) is 17.8. The van der Waals surface area contributed by atoms with E-state index in [1.807, 2.05) is 32.2 Å². The van der Waals surface area contributed by atoms with Gasteiger partial charge >= 0.3 is 0 Å². The van der Waals surface area contributed by atoms with Gasteiger partial charge in [-0.3, -0.25) is 4.79 Å². The van der Waals surface area contributed by atoms with E-state index in [4.69, 9.17) is 0 Å². The van der Waals surface area contributed by atoms with Crippen LogP contribution < -0.4 is 10.2 Å². The second-order valence-corrected chi connectivity index (χ2v) is 8.41. The number of benzene rings is 1. The first-order valence-corrected chi connectivity index (χ1v) is 10.3. The minimum Gasteiger partial charge on any atom is -0.396 e. The molecule has 2 N–H and O–H groups in total. The molecule has 31 heavy (non-hydrogen) atoms. The van der Waals surface area contributed by atoms with Gasteiger partial charge in [-0.25, -0.2) is 13.3 Å². The molecule has 0 saturated carbocycles. The second kappa shape index (κ2) is 9.87. The predicted octanol–water partition coefficient (Wildman–Crippen LogP) is 3.65. The number of pyridine rings is 1. The zero-order valence-electron chi connectivity index (χ0n) is 17.8. The minimum atomic E-state index is -0.411. The van der Waals surface area contributed by atoms with Gasteiger partial charge in [0.2, 0.25) is 0 Å². The highest BCUT2D eigenvalue weighted by molar-refractivity contribution is 6.01. The number of anilines is 1. The van der Waals surface area contributed by atoms with E-state index in [9.17, 15) is 18.7 Å². The molecule has 1 aliphatic rings. The van der Waals surface area contributed by atoms with Crippen LogP contribution in [0.15, 0.2) is 48.8 Å². The molecule has 0 atom stereocenters. The van der Waals surface area contributed by atoms with Crippen molar-refractivity contribution < 1.29 is 18.7 Å². The number of nitrogens with one attached hydrogen (secondary N) is 1. The number of fused-ring (bicyclic) bond motifs is 1. The fourth-order valence-electron chi connectivity index (χ4n) is 3.22. The highest BCUT2D eigenvalue weighted by Crippen LogP contribution is 2.23. The Morgan fingerprint density at radius 3 is 2.32 bits per heavy atom. The van der Waals surface area contributed by atoms with Crippen molar-refractivity contribution >= 4 is 17.1 Å². The van der Waals surface area contributed by atoms with Gasteiger partial charge < -0.3 is 15.3 Å². The molecule has 8 heteroatoms. The molecule has 0 bridgehead atoms. The van der Waals surface area contributed by atoms with Crippen molar-refractivity contribution in [1.29, 1.82) is 0 Å². The summed E-state index contributed by atoms with van der Waals surface area (Å²) in [5.74, 6) is -0.974. The van der Waals surface area contributed by atoms with Crippen molar-refractivity contribution in [3.05, 3.63) is 66.0 Å². The van der Waals surface area contributed by atoms with Crippen LogP contribution in [0, 0.1) is 17.0 Å². The molecular formula is C23H28F2N4O2. The fraction of sp³-hybridized carbons (Fsp3) is 0.391. The number of aliphatic hydroxyl groups is 1. The number of carbonyl (C=O) groups is 1. The maximum atomic E-state index is 12.5. The number of halogens is 2. The van der Waals surface area contributed by atoms with Crippen molar-refractivity contribution in [2.75, 3.05) is 31.1 Å². The molecule has 0 aliphatic carbocycles. The lowest BCUT2D eigenvalue weighted by Gasteiger charge is -2.21. The maximum absolute atomic E-state index is 12.5. The Labute approximate surface area is 180 Å². The number of rotatable bonds is 5. The molecule has 4 rings (SSSR count). The molecule has 166 valence electrons. The molecule has 0 unspecified atom stereocenters. The van der Waals surface area contributed by atoms with Crippen LogP contribution >= 0.6 is 0 Å². The Morgan fingerprint density at radius 2 is 1.74 bits per heavy atom. The third-order valence-electron chi connectivity index (χ3n) is 5.18. The van der Waals surface area contributed by atoms with Crippen molar-refractivity contribution in [3.8, 4) is 0 Å². The topological polar surface area (TPSA) is 69.9 Å². The summed E-state index contributed by atoms with van der Waals surface area (Å²) in [4.78, 5) is 14.8. The van der Waals surface area contributed by atoms with Gasteiger partial charge in [0.05, 0.1) is 17.3 Å². The average Bonchev–Trinajstić information content (AvgIpc) is 3.44. The third kappa shape index (κ3) is 6.01. The van der Waals surface area contributed by atoms with E-state index in [1.165, 1.54) is 12.8 Å². The number of nitrogens with zero attached hydrogens (tertiary/aromatic N) is 3. The minimum absolute atomic E-state index is 0.0289. The zero-order chi connectivity index (χ0) is 22.4. The normalized spacial score (nSPS) is 13.8. The van der Waals surface area contributed by atoms with Crippen LogP contribution in [-0.2, 0) is 0 Å². The standard InChI is InChI=1S/C17H24N4O2.C6H4F2/c1-17(2,12-22)11-18-16(23)14-10-19-21-8-5-13(9-15(14)21)20-6-3-4-7-20;7-5-1-2-6(8)4-3-5/h5,8-10,22H,3-4,6-7,11-12H2,1-2H3,(H,18,23);1-4H. The van der Waals surface area contributed by atoms with Gasteiger partial charge in [0, 0.05) is 43.5 Å². The van der Waals surface area contributed by atoms with Crippen LogP contribution in [0.2, 0.25) is 0 Å². The number of carbonyl (C=O) groups excluding carboxylic acids is 1. The molecule has 0 spiro atoms. The van der Waals surface area contributed by atoms with Crippen molar-refractivity contribution in [2.45, 2.75) is 26.7 Å². The van der Waals surface area contributed by atoms with Gasteiger partial charge in [-0.15, -0.1) is 0 Å². The van der Waals surface area contributed by atoms with E-state index in [0.29, 0.717) is 12.1 Å². The van der Waals surface area contributed by atoms with Gasteiger partial charge in [-0.05, 0) is 49.2 Å². The van der Waals surface area contributed by atoms with Crippen LogP contribution in [-0.4, -0.2) is 46.9 Å². The van der Waals surface area contributed by atoms with Crippen molar-refractivity contribution in [1.82, 2.24) is 14.9 Å². The lowest BCUT2D eigenvalue weighted by molar-refractivity contribution is 0.0912. The van der Waals surface area contributed by atoms with Gasteiger partial charge in [-0.1, -0.05) is 13.8 Å². The van der Waals surface area contributed by atoms with Crippen LogP contribution in [0.4, 0.5) is 14.5 Å². The third-order valence-corrected chi connectivity index (χ3v) is 5.18. The molecule has 6 nitrogen and oxygen atoms in total. The largest absolute Gasteiger partial charge is 0.396 e. The smallest absolute Gasteiger partial charge is 0.255 e. The SMILES string of the molecule is CC(C)(CO)CNC(=O)c1cnn2ccc(N3CCCC3)cc12.Fc1ccc(F)cc1. The number of hydrogen-bond acceptors (Lipinski definition) is 4. The first kappa shape index (κ1) is 22.7. The molecule has 2 aromatic heterocycles. The van der Waals surface area contributed by atoms with Gasteiger partial charge in [0.1, 0.15) is 11.6 Å². The number of aliphatic hydroxyl groups excluding tert-OH is 1. The fourth-order valence-corrected chi connectivity index (χ4v) is 3.22. The molecule has 1 aliphatic heterocycles. The van der Waals surface area contributed by atoms with Crippen molar-refractivity contribution in [2.24, 2.45) is 5.41 Å². The van der Waals surface area contributed by atoms with E-state index in [0.717, 1.165) is 48.6 Å². The molecule has 3 aromatic rings. The van der Waals surface area contributed by atoms with Gasteiger partial charge in [0.15, 0.2) is 0 Å². The van der Waals surface area contributed by atoms with Crippen LogP contribution in [0.25, 0.3) is 5.52 Å². The summed E-state index contributed by atoms with van der Waals surface area (Å²) in [5.41, 5.74) is 2.19. The van der Waals surface area contributed by atoms with Crippen LogP contribution in [0.1, 0.15) is 37.0 Å². The van der Waals surface area contributed by atoms with E-state index < -0.39 is 11.6 Å². The van der Waals surface area contributed by atoms with Crippen LogP contribution in [0.5, 0.6) is 0 Å². The lowest BCUT2D eigenvalue weighted by Crippen LogP contribution is -2.36. The number of hydrogen-bond donors (Lipinski definition) is 2.